The largest absolute Gasteiger partial charge is 0.301 e. The summed E-state index contributed by atoms with van der Waals surface area (Å²) in [7, 11) is 0. The number of nitrogens with one attached hydrogen (secondary N) is 1. The second-order valence-corrected chi connectivity index (χ2v) is 4.09. The minimum absolute atomic E-state index is 0.00109. The molecule has 0 bridgehead atoms. The summed E-state index contributed by atoms with van der Waals surface area (Å²) in [5, 5.41) is 11.8. The first-order valence-electron chi connectivity index (χ1n) is 4.20. The zero-order valence-electron chi connectivity index (χ0n) is 7.00. The fourth-order valence-electron chi connectivity index (χ4n) is 1.51. The van der Waals surface area contributed by atoms with E-state index in [9.17, 15) is 0 Å². The number of nitrogens with zero attached hydrogens (tertiary/aromatic N) is 1. The molecule has 0 amide bonds. The molecule has 0 aliphatic carbocycles. The summed E-state index contributed by atoms with van der Waals surface area (Å²) < 4.78 is 1.08. The highest BCUT2D eigenvalue weighted by atomic mass is 79.9. The quantitative estimate of drug-likeness (QED) is 0.811. The number of rotatable bonds is 1. The third-order valence-corrected chi connectivity index (χ3v) is 2.93. The van der Waals surface area contributed by atoms with Gasteiger partial charge in [0.2, 0.25) is 0 Å². The Bertz CT molecular complexity index is 339. The second kappa shape index (κ2) is 3.49. The molecule has 0 radical (unpaired) electrons. The maximum atomic E-state index is 8.75. The lowest BCUT2D eigenvalue weighted by Crippen LogP contribution is -2.49. The number of halogens is 1. The van der Waals surface area contributed by atoms with E-state index in [0.717, 1.165) is 11.0 Å². The maximum absolute atomic E-state index is 8.75. The molecular formula is C10H9BrN2. The van der Waals surface area contributed by atoms with E-state index in [4.69, 9.17) is 5.26 Å². The van der Waals surface area contributed by atoms with Crippen LogP contribution in [0.2, 0.25) is 0 Å². The lowest BCUT2D eigenvalue weighted by Gasteiger charge is -2.33. The molecule has 0 spiro atoms. The predicted octanol–water partition coefficient (Wildman–Crippen LogP) is 2.03. The van der Waals surface area contributed by atoms with Crippen LogP contribution in [0.3, 0.4) is 0 Å². The smallest absolute Gasteiger partial charge is 0.103 e. The van der Waals surface area contributed by atoms with E-state index < -0.39 is 0 Å². The molecule has 3 heteroatoms. The van der Waals surface area contributed by atoms with E-state index in [1.54, 1.807) is 0 Å². The van der Waals surface area contributed by atoms with Gasteiger partial charge in [-0.15, -0.1) is 0 Å². The highest BCUT2D eigenvalue weighted by Crippen LogP contribution is 2.26. The Morgan fingerprint density at radius 3 is 2.54 bits per heavy atom. The standard InChI is InChI=1S/C10H9BrN2/c11-8-3-1-7(2-4-8)9-6-13-10(9)5-12/h1-4,9-10,13H,6H2. The normalized spacial score (nSPS) is 26.2. The molecule has 2 unspecified atom stereocenters. The summed E-state index contributed by atoms with van der Waals surface area (Å²) in [5.41, 5.74) is 1.24. The summed E-state index contributed by atoms with van der Waals surface area (Å²) in [6.45, 7) is 0.917. The molecule has 1 aromatic carbocycles. The summed E-state index contributed by atoms with van der Waals surface area (Å²) in [6, 6.07) is 10.4. The van der Waals surface area contributed by atoms with E-state index in [-0.39, 0.29) is 6.04 Å². The van der Waals surface area contributed by atoms with Crippen LogP contribution in [-0.4, -0.2) is 12.6 Å². The van der Waals surface area contributed by atoms with Crippen molar-refractivity contribution in [1.82, 2.24) is 5.32 Å². The van der Waals surface area contributed by atoms with Gasteiger partial charge in [0.15, 0.2) is 0 Å². The Morgan fingerprint density at radius 2 is 2.08 bits per heavy atom. The lowest BCUT2D eigenvalue weighted by atomic mass is 9.86. The molecule has 1 N–H and O–H groups in total. The first-order valence-corrected chi connectivity index (χ1v) is 4.99. The van der Waals surface area contributed by atoms with Gasteiger partial charge in [0.1, 0.15) is 6.04 Å². The minimum Gasteiger partial charge on any atom is -0.301 e. The predicted molar refractivity (Wildman–Crippen MR) is 54.3 cm³/mol. The van der Waals surface area contributed by atoms with Gasteiger partial charge in [0.25, 0.3) is 0 Å². The van der Waals surface area contributed by atoms with Gasteiger partial charge in [-0.05, 0) is 17.7 Å². The van der Waals surface area contributed by atoms with Crippen LogP contribution in [0, 0.1) is 11.3 Å². The summed E-state index contributed by atoms with van der Waals surface area (Å²) in [4.78, 5) is 0. The molecule has 66 valence electrons. The van der Waals surface area contributed by atoms with Crippen LogP contribution in [-0.2, 0) is 0 Å². The van der Waals surface area contributed by atoms with Crippen LogP contribution in [0.4, 0.5) is 0 Å². The van der Waals surface area contributed by atoms with Crippen molar-refractivity contribution in [2.45, 2.75) is 12.0 Å². The Morgan fingerprint density at radius 1 is 1.38 bits per heavy atom. The molecule has 2 nitrogen and oxygen atoms in total. The molecular weight excluding hydrogens is 228 g/mol. The van der Waals surface area contributed by atoms with Crippen molar-refractivity contribution >= 4 is 15.9 Å². The SMILES string of the molecule is N#CC1NCC1c1ccc(Br)cc1. The fraction of sp³-hybridized carbons (Fsp3) is 0.300. The molecule has 1 aromatic rings. The fourth-order valence-corrected chi connectivity index (χ4v) is 1.77. The Balaban J connectivity index is 2.18. The molecule has 2 rings (SSSR count). The molecule has 1 saturated heterocycles. The molecule has 13 heavy (non-hydrogen) atoms. The van der Waals surface area contributed by atoms with Gasteiger partial charge >= 0.3 is 0 Å². The van der Waals surface area contributed by atoms with Gasteiger partial charge in [-0.2, -0.15) is 5.26 Å². The first kappa shape index (κ1) is 8.74. The van der Waals surface area contributed by atoms with Crippen molar-refractivity contribution < 1.29 is 0 Å². The van der Waals surface area contributed by atoms with Gasteiger partial charge in [0, 0.05) is 16.9 Å². The van der Waals surface area contributed by atoms with Gasteiger partial charge in [-0.1, -0.05) is 28.1 Å². The summed E-state index contributed by atoms with van der Waals surface area (Å²) in [6.07, 6.45) is 0. The molecule has 1 fully saturated rings. The average molecular weight is 237 g/mol. The van der Waals surface area contributed by atoms with Crippen molar-refractivity contribution in [2.75, 3.05) is 6.54 Å². The summed E-state index contributed by atoms with van der Waals surface area (Å²) in [5.74, 6) is 0.373. The maximum Gasteiger partial charge on any atom is 0.103 e. The van der Waals surface area contributed by atoms with Gasteiger partial charge in [-0.3, -0.25) is 0 Å². The van der Waals surface area contributed by atoms with Crippen LogP contribution >= 0.6 is 15.9 Å². The van der Waals surface area contributed by atoms with Crippen LogP contribution in [0.5, 0.6) is 0 Å². The van der Waals surface area contributed by atoms with Crippen molar-refractivity contribution in [1.29, 1.82) is 5.26 Å². The lowest BCUT2D eigenvalue weighted by molar-refractivity contribution is 0.374. The first-order chi connectivity index (χ1) is 6.31. The number of hydrogen-bond acceptors (Lipinski definition) is 2. The molecule has 1 aliphatic rings. The molecule has 1 heterocycles. The zero-order valence-corrected chi connectivity index (χ0v) is 8.58. The number of hydrogen-bond donors (Lipinski definition) is 1. The van der Waals surface area contributed by atoms with Crippen molar-refractivity contribution in [2.24, 2.45) is 0 Å². The van der Waals surface area contributed by atoms with Crippen LogP contribution < -0.4 is 5.32 Å². The Kier molecular flexibility index (Phi) is 2.34. The van der Waals surface area contributed by atoms with Gasteiger partial charge in [-0.25, -0.2) is 0 Å². The third-order valence-electron chi connectivity index (χ3n) is 2.40. The van der Waals surface area contributed by atoms with Gasteiger partial charge in [0.05, 0.1) is 6.07 Å². The van der Waals surface area contributed by atoms with Crippen molar-refractivity contribution in [3.05, 3.63) is 34.3 Å². The highest BCUT2D eigenvalue weighted by molar-refractivity contribution is 9.10. The molecule has 2 atom stereocenters. The summed E-state index contributed by atoms with van der Waals surface area (Å²) >= 11 is 3.39. The topological polar surface area (TPSA) is 35.8 Å². The van der Waals surface area contributed by atoms with Crippen LogP contribution in [0.1, 0.15) is 11.5 Å². The van der Waals surface area contributed by atoms with E-state index in [2.05, 4.69) is 39.4 Å². The third kappa shape index (κ3) is 1.60. The second-order valence-electron chi connectivity index (χ2n) is 3.17. The molecule has 0 saturated carbocycles. The van der Waals surface area contributed by atoms with Crippen molar-refractivity contribution in [3.63, 3.8) is 0 Å². The monoisotopic (exact) mass is 236 g/mol. The number of benzene rings is 1. The number of nitriles is 1. The Hall–Kier alpha value is -0.850. The highest BCUT2D eigenvalue weighted by Gasteiger charge is 2.31. The molecule has 0 aromatic heterocycles. The van der Waals surface area contributed by atoms with Crippen LogP contribution in [0.25, 0.3) is 0 Å². The van der Waals surface area contributed by atoms with Crippen LogP contribution in [0.15, 0.2) is 28.7 Å². The minimum atomic E-state index is 0.00109. The van der Waals surface area contributed by atoms with E-state index in [1.165, 1.54) is 5.56 Å². The van der Waals surface area contributed by atoms with Gasteiger partial charge < -0.3 is 5.32 Å². The zero-order chi connectivity index (χ0) is 9.26. The average Bonchev–Trinajstić information content (AvgIpc) is 2.08. The van der Waals surface area contributed by atoms with E-state index in [1.807, 2.05) is 12.1 Å². The van der Waals surface area contributed by atoms with Crippen molar-refractivity contribution in [3.8, 4) is 6.07 Å². The Labute approximate surface area is 85.7 Å². The molecule has 1 aliphatic heterocycles. The van der Waals surface area contributed by atoms with E-state index >= 15 is 0 Å². The van der Waals surface area contributed by atoms with E-state index in [0.29, 0.717) is 5.92 Å².